The van der Waals surface area contributed by atoms with E-state index in [-0.39, 0.29) is 11.7 Å². The molecule has 1 aromatic rings. The predicted octanol–water partition coefficient (Wildman–Crippen LogP) is 3.10. The highest BCUT2D eigenvalue weighted by Gasteiger charge is 2.29. The molecule has 0 aromatic heterocycles. The molecule has 1 aliphatic heterocycles. The summed E-state index contributed by atoms with van der Waals surface area (Å²) in [6.07, 6.45) is 1.47. The minimum atomic E-state index is -0.669. The zero-order valence-corrected chi connectivity index (χ0v) is 12.4. The lowest BCUT2D eigenvalue weighted by Gasteiger charge is -2.36. The molecular formula is C15H20FNO2S. The first-order valence-corrected chi connectivity index (χ1v) is 7.90. The zero-order chi connectivity index (χ0) is 14.5. The van der Waals surface area contributed by atoms with E-state index >= 15 is 0 Å². The fourth-order valence-electron chi connectivity index (χ4n) is 2.59. The number of aliphatic carboxylic acids is 1. The van der Waals surface area contributed by atoms with Gasteiger partial charge in [-0.05, 0) is 50.6 Å². The van der Waals surface area contributed by atoms with E-state index in [4.69, 9.17) is 5.11 Å². The second-order valence-corrected chi connectivity index (χ2v) is 6.42. The van der Waals surface area contributed by atoms with Crippen molar-refractivity contribution in [1.82, 2.24) is 4.90 Å². The summed E-state index contributed by atoms with van der Waals surface area (Å²) < 4.78 is 12.8. The SMILES string of the molecule is CC1CC(C(=O)O)CCN1CCSc1ccc(F)cc1. The number of hydrogen-bond donors (Lipinski definition) is 1. The van der Waals surface area contributed by atoms with E-state index in [0.29, 0.717) is 6.04 Å². The van der Waals surface area contributed by atoms with Gasteiger partial charge in [-0.3, -0.25) is 9.69 Å². The highest BCUT2D eigenvalue weighted by molar-refractivity contribution is 7.99. The van der Waals surface area contributed by atoms with E-state index in [1.54, 1.807) is 23.9 Å². The number of nitrogens with zero attached hydrogens (tertiary/aromatic N) is 1. The van der Waals surface area contributed by atoms with E-state index in [1.807, 2.05) is 0 Å². The van der Waals surface area contributed by atoms with Crippen LogP contribution in [0.4, 0.5) is 4.39 Å². The lowest BCUT2D eigenvalue weighted by Crippen LogP contribution is -2.43. The molecule has 5 heteroatoms. The van der Waals surface area contributed by atoms with Gasteiger partial charge in [-0.1, -0.05) is 0 Å². The van der Waals surface area contributed by atoms with E-state index < -0.39 is 5.97 Å². The lowest BCUT2D eigenvalue weighted by atomic mass is 9.92. The van der Waals surface area contributed by atoms with Crippen LogP contribution in [-0.2, 0) is 4.79 Å². The number of rotatable bonds is 5. The number of carboxylic acids is 1. The lowest BCUT2D eigenvalue weighted by molar-refractivity contribution is -0.144. The third-order valence-corrected chi connectivity index (χ3v) is 4.82. The van der Waals surface area contributed by atoms with Crippen molar-refractivity contribution in [2.24, 2.45) is 5.92 Å². The first-order valence-electron chi connectivity index (χ1n) is 6.91. The third kappa shape index (κ3) is 4.21. The average molecular weight is 297 g/mol. The summed E-state index contributed by atoms with van der Waals surface area (Å²) in [7, 11) is 0. The van der Waals surface area contributed by atoms with Crippen molar-refractivity contribution >= 4 is 17.7 Å². The van der Waals surface area contributed by atoms with Gasteiger partial charge in [-0.25, -0.2) is 4.39 Å². The van der Waals surface area contributed by atoms with E-state index in [9.17, 15) is 9.18 Å². The summed E-state index contributed by atoms with van der Waals surface area (Å²) in [6, 6.07) is 6.85. The molecule has 1 aliphatic rings. The van der Waals surface area contributed by atoms with Gasteiger partial charge in [0.15, 0.2) is 0 Å². The van der Waals surface area contributed by atoms with Crippen LogP contribution in [0.15, 0.2) is 29.2 Å². The van der Waals surface area contributed by atoms with Crippen LogP contribution in [0.5, 0.6) is 0 Å². The third-order valence-electron chi connectivity index (χ3n) is 3.82. The number of benzene rings is 1. The quantitative estimate of drug-likeness (QED) is 0.848. The van der Waals surface area contributed by atoms with Crippen LogP contribution in [0.2, 0.25) is 0 Å². The van der Waals surface area contributed by atoms with Crippen LogP contribution in [0.3, 0.4) is 0 Å². The van der Waals surface area contributed by atoms with Crippen LogP contribution < -0.4 is 0 Å². The summed E-state index contributed by atoms with van der Waals surface area (Å²) >= 11 is 1.71. The number of halogens is 1. The van der Waals surface area contributed by atoms with Crippen LogP contribution in [0.1, 0.15) is 19.8 Å². The Morgan fingerprint density at radius 1 is 1.45 bits per heavy atom. The van der Waals surface area contributed by atoms with Crippen molar-refractivity contribution in [1.29, 1.82) is 0 Å². The van der Waals surface area contributed by atoms with Gasteiger partial charge in [0.25, 0.3) is 0 Å². The van der Waals surface area contributed by atoms with Crippen molar-refractivity contribution in [2.45, 2.75) is 30.7 Å². The standard InChI is InChI=1S/C15H20FNO2S/c1-11-10-12(15(18)19)6-7-17(11)8-9-20-14-4-2-13(16)3-5-14/h2-5,11-12H,6-10H2,1H3,(H,18,19). The normalized spacial score (nSPS) is 23.7. The van der Waals surface area contributed by atoms with Crippen LogP contribution in [0, 0.1) is 11.7 Å². The number of thioether (sulfide) groups is 1. The van der Waals surface area contributed by atoms with Gasteiger partial charge in [0, 0.05) is 23.2 Å². The minimum Gasteiger partial charge on any atom is -0.481 e. The maximum atomic E-state index is 12.8. The number of likely N-dealkylation sites (tertiary alicyclic amines) is 1. The number of piperidine rings is 1. The monoisotopic (exact) mass is 297 g/mol. The Balaban J connectivity index is 1.74. The van der Waals surface area contributed by atoms with Gasteiger partial charge in [-0.15, -0.1) is 11.8 Å². The molecule has 1 saturated heterocycles. The molecule has 0 radical (unpaired) electrons. The molecule has 110 valence electrons. The maximum absolute atomic E-state index is 12.8. The number of carboxylic acid groups (broad SMARTS) is 1. The summed E-state index contributed by atoms with van der Waals surface area (Å²) in [6.45, 7) is 3.88. The molecular weight excluding hydrogens is 277 g/mol. The Morgan fingerprint density at radius 2 is 2.15 bits per heavy atom. The Morgan fingerprint density at radius 3 is 2.75 bits per heavy atom. The van der Waals surface area contributed by atoms with Crippen LogP contribution >= 0.6 is 11.8 Å². The predicted molar refractivity (Wildman–Crippen MR) is 78.5 cm³/mol. The van der Waals surface area contributed by atoms with Crippen molar-refractivity contribution in [3.05, 3.63) is 30.1 Å². The molecule has 1 heterocycles. The molecule has 2 rings (SSSR count). The number of carbonyl (C=O) groups is 1. The molecule has 0 saturated carbocycles. The summed E-state index contributed by atoms with van der Waals surface area (Å²) in [5.74, 6) is -0.129. The van der Waals surface area contributed by atoms with Gasteiger partial charge < -0.3 is 5.11 Å². The van der Waals surface area contributed by atoms with Crippen LogP contribution in [-0.4, -0.2) is 40.9 Å². The molecule has 0 aliphatic carbocycles. The molecule has 1 aromatic carbocycles. The first kappa shape index (κ1) is 15.3. The summed E-state index contributed by atoms with van der Waals surface area (Å²) in [4.78, 5) is 14.4. The second kappa shape index (κ2) is 7.09. The molecule has 0 spiro atoms. The maximum Gasteiger partial charge on any atom is 0.306 e. The molecule has 0 bridgehead atoms. The molecule has 2 unspecified atom stereocenters. The second-order valence-electron chi connectivity index (χ2n) is 5.25. The molecule has 20 heavy (non-hydrogen) atoms. The highest BCUT2D eigenvalue weighted by atomic mass is 32.2. The Kier molecular flexibility index (Phi) is 5.43. The minimum absolute atomic E-state index is 0.189. The van der Waals surface area contributed by atoms with Gasteiger partial charge in [0.1, 0.15) is 5.82 Å². The van der Waals surface area contributed by atoms with E-state index in [2.05, 4.69) is 11.8 Å². The zero-order valence-electron chi connectivity index (χ0n) is 11.6. The summed E-state index contributed by atoms with van der Waals surface area (Å²) in [5.41, 5.74) is 0. The fourth-order valence-corrected chi connectivity index (χ4v) is 3.48. The average Bonchev–Trinajstić information content (AvgIpc) is 2.42. The van der Waals surface area contributed by atoms with Gasteiger partial charge in [0.05, 0.1) is 5.92 Å². The van der Waals surface area contributed by atoms with Gasteiger partial charge in [-0.2, -0.15) is 0 Å². The Hall–Kier alpha value is -1.07. The van der Waals surface area contributed by atoms with Crippen molar-refractivity contribution < 1.29 is 14.3 Å². The van der Waals surface area contributed by atoms with Crippen molar-refractivity contribution in [2.75, 3.05) is 18.8 Å². The molecule has 1 fully saturated rings. The van der Waals surface area contributed by atoms with Crippen LogP contribution in [0.25, 0.3) is 0 Å². The molecule has 2 atom stereocenters. The Labute approximate surface area is 123 Å². The highest BCUT2D eigenvalue weighted by Crippen LogP contribution is 2.24. The number of hydrogen-bond acceptors (Lipinski definition) is 3. The largest absolute Gasteiger partial charge is 0.481 e. The summed E-state index contributed by atoms with van der Waals surface area (Å²) in [5, 5.41) is 9.04. The fraction of sp³-hybridized carbons (Fsp3) is 0.533. The topological polar surface area (TPSA) is 40.5 Å². The van der Waals surface area contributed by atoms with Gasteiger partial charge in [0.2, 0.25) is 0 Å². The van der Waals surface area contributed by atoms with E-state index in [0.717, 1.165) is 36.6 Å². The van der Waals surface area contributed by atoms with Crippen molar-refractivity contribution in [3.63, 3.8) is 0 Å². The Bertz CT molecular complexity index is 452. The van der Waals surface area contributed by atoms with Gasteiger partial charge >= 0.3 is 5.97 Å². The molecule has 0 amide bonds. The molecule has 3 nitrogen and oxygen atoms in total. The smallest absolute Gasteiger partial charge is 0.306 e. The molecule has 1 N–H and O–H groups in total. The van der Waals surface area contributed by atoms with E-state index in [1.165, 1.54) is 12.1 Å². The van der Waals surface area contributed by atoms with Crippen molar-refractivity contribution in [3.8, 4) is 0 Å². The first-order chi connectivity index (χ1) is 9.56.